The van der Waals surface area contributed by atoms with Crippen molar-refractivity contribution in [3.8, 4) is 11.5 Å². The van der Waals surface area contributed by atoms with Crippen LogP contribution in [-0.4, -0.2) is 10.8 Å². The first-order valence-electron chi connectivity index (χ1n) is 10.7. The zero-order valence-electron chi connectivity index (χ0n) is 19.5. The van der Waals surface area contributed by atoms with E-state index in [0.29, 0.717) is 18.1 Å². The highest BCUT2D eigenvalue weighted by molar-refractivity contribution is 7.82. The monoisotopic (exact) mass is 431 g/mol. The smallest absolute Gasteiger partial charge is 0.316 e. The molecule has 0 spiro atoms. The zero-order valence-corrected chi connectivity index (χ0v) is 20.3. The molecule has 1 atom stereocenters. The lowest BCUT2D eigenvalue weighted by Crippen LogP contribution is -2.25. The van der Waals surface area contributed by atoms with Gasteiger partial charge in [0.1, 0.15) is 0 Å². The van der Waals surface area contributed by atoms with Gasteiger partial charge in [-0.25, -0.2) is 0 Å². The molecule has 4 nitrogen and oxygen atoms in total. The largest absolute Gasteiger partial charge is 0.490 e. The summed E-state index contributed by atoms with van der Waals surface area (Å²) in [7, 11) is 0. The minimum absolute atomic E-state index is 0.0514. The van der Waals surface area contributed by atoms with E-state index in [4.69, 9.17) is 8.92 Å². The predicted molar refractivity (Wildman–Crippen MR) is 128 cm³/mol. The second-order valence-electron chi connectivity index (χ2n) is 9.77. The predicted octanol–water partition coefficient (Wildman–Crippen LogP) is 6.96. The van der Waals surface area contributed by atoms with Crippen LogP contribution in [0.3, 0.4) is 0 Å². The summed E-state index contributed by atoms with van der Waals surface area (Å²) in [6, 6.07) is 13.7. The van der Waals surface area contributed by atoms with Crippen LogP contribution in [0, 0.1) is 12.3 Å². The highest BCUT2D eigenvalue weighted by Crippen LogP contribution is 2.40. The van der Waals surface area contributed by atoms with Crippen LogP contribution < -0.4 is 13.6 Å². The number of ether oxygens (including phenoxy) is 1. The molecule has 0 aliphatic carbocycles. The lowest BCUT2D eigenvalue weighted by Gasteiger charge is -2.33. The molecular formula is C25H37NO3S. The molecule has 0 radical (unpaired) electrons. The molecule has 2 aromatic carbocycles. The summed E-state index contributed by atoms with van der Waals surface area (Å²) < 4.78 is 27.3. The number of aryl methyl sites for hydroxylation is 1. The van der Waals surface area contributed by atoms with Gasteiger partial charge in [-0.2, -0.15) is 4.21 Å². The van der Waals surface area contributed by atoms with Crippen LogP contribution in [-0.2, 0) is 16.7 Å². The van der Waals surface area contributed by atoms with Gasteiger partial charge in [0.05, 0.1) is 6.61 Å². The first-order valence-corrected chi connectivity index (χ1v) is 11.8. The van der Waals surface area contributed by atoms with Crippen molar-refractivity contribution in [3.05, 3.63) is 53.6 Å². The average Bonchev–Trinajstić information content (AvgIpc) is 2.63. The Hall–Kier alpha value is -2.01. The number of benzene rings is 2. The third-order valence-corrected chi connectivity index (χ3v) is 5.60. The minimum atomic E-state index is -1.73. The van der Waals surface area contributed by atoms with Gasteiger partial charge in [0, 0.05) is 5.69 Å². The van der Waals surface area contributed by atoms with Crippen LogP contribution in [0.15, 0.2) is 42.5 Å². The number of rotatable bonds is 10. The van der Waals surface area contributed by atoms with Gasteiger partial charge in [0.15, 0.2) is 11.5 Å². The third kappa shape index (κ3) is 7.67. The van der Waals surface area contributed by atoms with Crippen molar-refractivity contribution in [3.63, 3.8) is 0 Å². The highest BCUT2D eigenvalue weighted by atomic mass is 32.2. The molecule has 2 aromatic rings. The van der Waals surface area contributed by atoms with Gasteiger partial charge < -0.3 is 8.92 Å². The van der Waals surface area contributed by atoms with E-state index in [1.54, 1.807) is 0 Å². The second kappa shape index (κ2) is 10.3. The molecule has 0 aliphatic rings. The quantitative estimate of drug-likeness (QED) is 0.414. The first-order chi connectivity index (χ1) is 14.0. The van der Waals surface area contributed by atoms with Gasteiger partial charge in [-0.1, -0.05) is 71.7 Å². The fourth-order valence-electron chi connectivity index (χ4n) is 3.69. The molecule has 0 aromatic heterocycles. The molecule has 2 rings (SSSR count). The Morgan fingerprint density at radius 2 is 1.63 bits per heavy atom. The summed E-state index contributed by atoms with van der Waals surface area (Å²) in [6.45, 7) is 15.9. The Kier molecular flexibility index (Phi) is 8.36. The molecule has 0 fully saturated rings. The van der Waals surface area contributed by atoms with Gasteiger partial charge in [-0.3, -0.25) is 4.72 Å². The van der Waals surface area contributed by atoms with Gasteiger partial charge in [-0.05, 0) is 60.4 Å². The van der Waals surface area contributed by atoms with E-state index >= 15 is 0 Å². The molecule has 166 valence electrons. The normalized spacial score (nSPS) is 13.0. The van der Waals surface area contributed by atoms with E-state index in [1.165, 1.54) is 0 Å². The Labute approximate surface area is 185 Å². The Morgan fingerprint density at radius 3 is 2.23 bits per heavy atom. The molecule has 30 heavy (non-hydrogen) atoms. The van der Waals surface area contributed by atoms with E-state index in [0.717, 1.165) is 36.1 Å². The van der Waals surface area contributed by atoms with Crippen LogP contribution in [0.25, 0.3) is 0 Å². The lowest BCUT2D eigenvalue weighted by atomic mass is 9.72. The average molecular weight is 432 g/mol. The molecule has 5 heteroatoms. The molecule has 1 unspecified atom stereocenters. The number of hydrogen-bond donors (Lipinski definition) is 1. The molecule has 0 amide bonds. The van der Waals surface area contributed by atoms with Crippen molar-refractivity contribution in [2.45, 2.75) is 73.1 Å². The molecule has 0 aliphatic heterocycles. The van der Waals surface area contributed by atoms with Crippen molar-refractivity contribution in [1.82, 2.24) is 0 Å². The number of unbranched alkanes of at least 4 members (excludes halogenated alkanes) is 1. The Balaban J connectivity index is 2.25. The number of anilines is 1. The first kappa shape index (κ1) is 24.3. The van der Waals surface area contributed by atoms with Crippen LogP contribution in [0.2, 0.25) is 0 Å². The van der Waals surface area contributed by atoms with Crippen LogP contribution in [0.1, 0.15) is 71.9 Å². The Morgan fingerprint density at radius 1 is 0.967 bits per heavy atom. The van der Waals surface area contributed by atoms with Gasteiger partial charge >= 0.3 is 11.3 Å². The maximum atomic E-state index is 12.7. The van der Waals surface area contributed by atoms with Crippen LogP contribution in [0.5, 0.6) is 11.5 Å². The van der Waals surface area contributed by atoms with Crippen molar-refractivity contribution in [2.24, 2.45) is 5.41 Å². The molecule has 0 saturated heterocycles. The summed E-state index contributed by atoms with van der Waals surface area (Å²) in [5, 5.41) is 0. The fraction of sp³-hybridized carbons (Fsp3) is 0.520. The van der Waals surface area contributed by atoms with Crippen LogP contribution >= 0.6 is 0 Å². The molecule has 0 bridgehead atoms. The topological polar surface area (TPSA) is 47.6 Å². The van der Waals surface area contributed by atoms with Crippen molar-refractivity contribution in [2.75, 3.05) is 11.3 Å². The van der Waals surface area contributed by atoms with Crippen molar-refractivity contribution < 1.29 is 13.1 Å². The fourth-order valence-corrected chi connectivity index (χ4v) is 4.35. The van der Waals surface area contributed by atoms with E-state index in [1.807, 2.05) is 43.3 Å². The van der Waals surface area contributed by atoms with E-state index in [-0.39, 0.29) is 10.8 Å². The Bertz CT molecular complexity index is 838. The summed E-state index contributed by atoms with van der Waals surface area (Å²) >= 11 is -1.73. The van der Waals surface area contributed by atoms with Crippen LogP contribution in [0.4, 0.5) is 5.69 Å². The van der Waals surface area contributed by atoms with Crippen molar-refractivity contribution >= 4 is 17.0 Å². The van der Waals surface area contributed by atoms with Crippen molar-refractivity contribution in [1.29, 1.82) is 0 Å². The summed E-state index contributed by atoms with van der Waals surface area (Å²) in [4.78, 5) is 0. The van der Waals surface area contributed by atoms with E-state index in [9.17, 15) is 4.21 Å². The number of hydrogen-bond acceptors (Lipinski definition) is 3. The zero-order chi connectivity index (χ0) is 22.4. The summed E-state index contributed by atoms with van der Waals surface area (Å²) in [5.41, 5.74) is 3.17. The van der Waals surface area contributed by atoms with Gasteiger partial charge in [0.2, 0.25) is 0 Å². The second-order valence-corrected chi connectivity index (χ2v) is 10.6. The standard InChI is InChI=1S/C25H37NO3S/c1-8-9-16-28-22-15-12-20(25(6,7)18-24(3,4)5)17-23(22)29-30(27)26-21-13-10-19(2)11-14-21/h10-15,17,26H,8-9,16,18H2,1-7H3. The SMILES string of the molecule is CCCCOc1ccc(C(C)(C)CC(C)(C)C)cc1OS(=O)Nc1ccc(C)cc1. The molecular weight excluding hydrogens is 394 g/mol. The summed E-state index contributed by atoms with van der Waals surface area (Å²) in [6.07, 6.45) is 3.02. The summed E-state index contributed by atoms with van der Waals surface area (Å²) in [5.74, 6) is 1.13. The minimum Gasteiger partial charge on any atom is -0.490 e. The highest BCUT2D eigenvalue weighted by Gasteiger charge is 2.28. The number of nitrogens with one attached hydrogen (secondary N) is 1. The molecule has 1 N–H and O–H groups in total. The maximum absolute atomic E-state index is 12.7. The van der Waals surface area contributed by atoms with Gasteiger partial charge in [-0.15, -0.1) is 0 Å². The van der Waals surface area contributed by atoms with E-state index in [2.05, 4.69) is 52.3 Å². The third-order valence-electron chi connectivity index (χ3n) is 4.87. The molecule has 0 heterocycles. The van der Waals surface area contributed by atoms with E-state index < -0.39 is 11.3 Å². The lowest BCUT2D eigenvalue weighted by molar-refractivity contribution is 0.282. The van der Waals surface area contributed by atoms with Gasteiger partial charge in [0.25, 0.3) is 0 Å². The molecule has 0 saturated carbocycles. The maximum Gasteiger partial charge on any atom is 0.316 e.